The molecule has 0 saturated heterocycles. The van der Waals surface area contributed by atoms with Crippen LogP contribution in [-0.2, 0) is 23.9 Å². The van der Waals surface area contributed by atoms with Crippen molar-refractivity contribution in [3.8, 4) is 10.8 Å². The van der Waals surface area contributed by atoms with Crippen molar-refractivity contribution in [3.05, 3.63) is 47.4 Å². The molecular formula is C16H18N4O3S. The Morgan fingerprint density at radius 3 is 3.04 bits per heavy atom. The van der Waals surface area contributed by atoms with Crippen molar-refractivity contribution < 1.29 is 14.3 Å². The van der Waals surface area contributed by atoms with E-state index >= 15 is 0 Å². The third-order valence-electron chi connectivity index (χ3n) is 3.58. The van der Waals surface area contributed by atoms with Gasteiger partial charge in [0.1, 0.15) is 11.9 Å². The lowest BCUT2D eigenvalue weighted by Gasteiger charge is -2.22. The van der Waals surface area contributed by atoms with Gasteiger partial charge < -0.3 is 14.8 Å². The number of carbonyl (C=O) groups excluding carboxylic acids is 1. The van der Waals surface area contributed by atoms with Gasteiger partial charge in [0.15, 0.2) is 0 Å². The van der Waals surface area contributed by atoms with E-state index in [1.165, 1.54) is 17.6 Å². The van der Waals surface area contributed by atoms with E-state index in [1.807, 2.05) is 17.5 Å². The Labute approximate surface area is 143 Å². The van der Waals surface area contributed by atoms with Gasteiger partial charge in [0.2, 0.25) is 11.8 Å². The Morgan fingerprint density at radius 1 is 1.54 bits per heavy atom. The van der Waals surface area contributed by atoms with Crippen LogP contribution in [0.1, 0.15) is 18.2 Å². The molecule has 0 aliphatic carbocycles. The number of carbonyl (C=O) groups is 1. The van der Waals surface area contributed by atoms with Crippen LogP contribution in [0.5, 0.6) is 0 Å². The Kier molecular flexibility index (Phi) is 4.50. The number of amides is 1. The largest absolute Gasteiger partial charge is 0.444 e. The number of nitrogens with one attached hydrogen (secondary N) is 1. The van der Waals surface area contributed by atoms with Gasteiger partial charge in [-0.05, 0) is 18.4 Å². The Hall–Kier alpha value is -2.45. The molecular weight excluding hydrogens is 328 g/mol. The summed E-state index contributed by atoms with van der Waals surface area (Å²) in [5.41, 5.74) is 0.0132. The normalized spacial score (nSPS) is 13.6. The molecule has 3 heterocycles. The fourth-order valence-electron chi connectivity index (χ4n) is 2.20. The molecule has 0 aromatic carbocycles. The maximum absolute atomic E-state index is 12.1. The number of aromatic nitrogens is 3. The monoisotopic (exact) mass is 346 g/mol. The first-order chi connectivity index (χ1) is 11.4. The lowest BCUT2D eigenvalue weighted by atomic mass is 10.00. The van der Waals surface area contributed by atoms with Crippen LogP contribution < -0.4 is 5.32 Å². The summed E-state index contributed by atoms with van der Waals surface area (Å²) in [5.74, 6) is 0.278. The highest BCUT2D eigenvalue weighted by Crippen LogP contribution is 2.23. The van der Waals surface area contributed by atoms with Crippen LogP contribution in [0.3, 0.4) is 0 Å². The number of rotatable bonds is 6. The van der Waals surface area contributed by atoms with Crippen molar-refractivity contribution in [2.24, 2.45) is 7.05 Å². The third kappa shape index (κ3) is 3.72. The standard InChI is InChI=1S/C16H18N4O3S/c1-16(22,11-7-18-20(2)8-11)10-17-14(21)6-12-9-23-15(19-12)13-4-3-5-24-13/h3-5,7-9,22H,6,10H2,1-2H3,(H,17,21). The van der Waals surface area contributed by atoms with Crippen LogP contribution in [0.4, 0.5) is 0 Å². The molecule has 2 N–H and O–H groups in total. The zero-order valence-corrected chi connectivity index (χ0v) is 14.2. The van der Waals surface area contributed by atoms with Crippen molar-refractivity contribution in [1.82, 2.24) is 20.1 Å². The fourth-order valence-corrected chi connectivity index (χ4v) is 2.86. The molecule has 1 amide bonds. The van der Waals surface area contributed by atoms with Gasteiger partial charge >= 0.3 is 0 Å². The topological polar surface area (TPSA) is 93.2 Å². The van der Waals surface area contributed by atoms with Crippen molar-refractivity contribution >= 4 is 17.2 Å². The highest BCUT2D eigenvalue weighted by Gasteiger charge is 2.25. The molecule has 1 unspecified atom stereocenters. The molecule has 0 aliphatic rings. The van der Waals surface area contributed by atoms with Crippen molar-refractivity contribution in [2.75, 3.05) is 6.54 Å². The van der Waals surface area contributed by atoms with Gasteiger partial charge in [0.25, 0.3) is 0 Å². The predicted molar refractivity (Wildman–Crippen MR) is 89.3 cm³/mol. The first-order valence-corrected chi connectivity index (χ1v) is 8.28. The second-order valence-corrected chi connectivity index (χ2v) is 6.70. The van der Waals surface area contributed by atoms with Gasteiger partial charge in [-0.25, -0.2) is 4.98 Å². The Morgan fingerprint density at radius 2 is 2.38 bits per heavy atom. The van der Waals surface area contributed by atoms with Crippen molar-refractivity contribution in [2.45, 2.75) is 18.9 Å². The average Bonchev–Trinajstić information content (AvgIpc) is 3.25. The molecule has 0 spiro atoms. The molecule has 24 heavy (non-hydrogen) atoms. The van der Waals surface area contributed by atoms with E-state index in [9.17, 15) is 9.90 Å². The molecule has 3 aromatic heterocycles. The van der Waals surface area contributed by atoms with Crippen molar-refractivity contribution in [1.29, 1.82) is 0 Å². The molecule has 1 atom stereocenters. The molecule has 0 fully saturated rings. The third-order valence-corrected chi connectivity index (χ3v) is 4.44. The quantitative estimate of drug-likeness (QED) is 0.709. The predicted octanol–water partition coefficient (Wildman–Crippen LogP) is 1.70. The summed E-state index contributed by atoms with van der Waals surface area (Å²) in [7, 11) is 1.77. The van der Waals surface area contributed by atoms with Gasteiger partial charge in [-0.3, -0.25) is 9.48 Å². The molecule has 7 nitrogen and oxygen atoms in total. The number of thiophene rings is 1. The highest BCUT2D eigenvalue weighted by atomic mass is 32.1. The summed E-state index contributed by atoms with van der Waals surface area (Å²) >= 11 is 1.52. The van der Waals surface area contributed by atoms with Crippen LogP contribution in [0, 0.1) is 0 Å². The number of hydrogen-bond acceptors (Lipinski definition) is 6. The van der Waals surface area contributed by atoms with E-state index in [1.54, 1.807) is 31.0 Å². The molecule has 126 valence electrons. The summed E-state index contributed by atoms with van der Waals surface area (Å²) in [5, 5.41) is 19.1. The van der Waals surface area contributed by atoms with E-state index in [-0.39, 0.29) is 18.9 Å². The molecule has 3 rings (SSSR count). The van der Waals surface area contributed by atoms with E-state index in [0.29, 0.717) is 17.1 Å². The Balaban J connectivity index is 1.56. The summed E-state index contributed by atoms with van der Waals surface area (Å²) in [6.07, 6.45) is 4.88. The van der Waals surface area contributed by atoms with Gasteiger partial charge in [-0.1, -0.05) is 6.07 Å². The second-order valence-electron chi connectivity index (χ2n) is 5.75. The molecule has 0 saturated carbocycles. The molecule has 8 heteroatoms. The fraction of sp³-hybridized carbons (Fsp3) is 0.312. The summed E-state index contributed by atoms with van der Waals surface area (Å²) < 4.78 is 6.99. The van der Waals surface area contributed by atoms with Gasteiger partial charge in [-0.15, -0.1) is 11.3 Å². The minimum absolute atomic E-state index is 0.0904. The van der Waals surface area contributed by atoms with E-state index in [2.05, 4.69) is 15.4 Å². The van der Waals surface area contributed by atoms with Crippen LogP contribution in [0.2, 0.25) is 0 Å². The Bertz CT molecular complexity index is 820. The minimum Gasteiger partial charge on any atom is -0.444 e. The first kappa shape index (κ1) is 16.4. The zero-order valence-electron chi connectivity index (χ0n) is 13.4. The number of hydrogen-bond donors (Lipinski definition) is 2. The average molecular weight is 346 g/mol. The van der Waals surface area contributed by atoms with E-state index < -0.39 is 5.60 Å². The molecule has 0 aliphatic heterocycles. The summed E-state index contributed by atoms with van der Waals surface area (Å²) in [4.78, 5) is 17.3. The maximum Gasteiger partial charge on any atom is 0.236 e. The lowest BCUT2D eigenvalue weighted by Crippen LogP contribution is -2.39. The number of aryl methyl sites for hydroxylation is 1. The van der Waals surface area contributed by atoms with Crippen LogP contribution in [0.15, 0.2) is 40.6 Å². The smallest absolute Gasteiger partial charge is 0.236 e. The zero-order chi connectivity index (χ0) is 17.2. The summed E-state index contributed by atoms with van der Waals surface area (Å²) in [6.45, 7) is 1.72. The number of oxazole rings is 1. The lowest BCUT2D eigenvalue weighted by molar-refractivity contribution is -0.121. The van der Waals surface area contributed by atoms with Gasteiger partial charge in [0.05, 0.1) is 29.7 Å². The van der Waals surface area contributed by atoms with Crippen LogP contribution in [0.25, 0.3) is 10.8 Å². The second kappa shape index (κ2) is 6.58. The summed E-state index contributed by atoms with van der Waals surface area (Å²) in [6, 6.07) is 3.82. The maximum atomic E-state index is 12.1. The van der Waals surface area contributed by atoms with Gasteiger partial charge in [-0.2, -0.15) is 5.10 Å². The van der Waals surface area contributed by atoms with Crippen molar-refractivity contribution in [3.63, 3.8) is 0 Å². The van der Waals surface area contributed by atoms with Crippen LogP contribution >= 0.6 is 11.3 Å². The highest BCUT2D eigenvalue weighted by molar-refractivity contribution is 7.13. The minimum atomic E-state index is -1.18. The molecule has 3 aromatic rings. The number of nitrogens with zero attached hydrogens (tertiary/aromatic N) is 3. The SMILES string of the molecule is Cn1cc(C(C)(O)CNC(=O)Cc2coc(-c3cccs3)n2)cn1. The molecule has 0 bridgehead atoms. The molecule has 0 radical (unpaired) electrons. The van der Waals surface area contributed by atoms with E-state index in [4.69, 9.17) is 4.42 Å². The van der Waals surface area contributed by atoms with Gasteiger partial charge in [0, 0.05) is 18.8 Å². The van der Waals surface area contributed by atoms with Crippen LogP contribution in [-0.4, -0.2) is 32.3 Å². The van der Waals surface area contributed by atoms with E-state index in [0.717, 1.165) is 4.88 Å². The first-order valence-electron chi connectivity index (χ1n) is 7.40. The number of aliphatic hydroxyl groups is 1.